The summed E-state index contributed by atoms with van der Waals surface area (Å²) in [6.45, 7) is 2.66. The zero-order valence-electron chi connectivity index (χ0n) is 11.7. The lowest BCUT2D eigenvalue weighted by Crippen LogP contribution is -2.22. The summed E-state index contributed by atoms with van der Waals surface area (Å²) in [5.41, 5.74) is 9.49. The molecule has 0 atom stereocenters. The molecule has 104 valence electrons. The number of benzene rings is 2. The molecule has 2 rings (SSSR count). The van der Waals surface area contributed by atoms with Crippen LogP contribution in [0, 0.1) is 12.3 Å². The van der Waals surface area contributed by atoms with Crippen LogP contribution in [0.25, 0.3) is 0 Å². The first-order valence-electron chi connectivity index (χ1n) is 6.38. The SMILES string of the molecule is Cc1ccc(N(C)Cc2ccccc2Cl)c(C(=N)N)c1. The van der Waals surface area contributed by atoms with Crippen LogP contribution in [0.2, 0.25) is 5.02 Å². The molecule has 0 amide bonds. The number of aryl methyl sites for hydroxylation is 1. The third-order valence-corrected chi connectivity index (χ3v) is 3.59. The van der Waals surface area contributed by atoms with Crippen molar-refractivity contribution in [2.24, 2.45) is 5.73 Å². The minimum Gasteiger partial charge on any atom is -0.384 e. The fourth-order valence-corrected chi connectivity index (χ4v) is 2.36. The predicted molar refractivity (Wildman–Crippen MR) is 85.8 cm³/mol. The maximum absolute atomic E-state index is 7.71. The standard InChI is InChI=1S/C16H18ClN3/c1-11-7-8-15(13(9-11)16(18)19)20(2)10-12-5-3-4-6-14(12)17/h3-9H,10H2,1-2H3,(H3,18,19). The minimum absolute atomic E-state index is 0.0784. The van der Waals surface area contributed by atoms with Gasteiger partial charge in [-0.05, 0) is 30.7 Å². The topological polar surface area (TPSA) is 53.1 Å². The van der Waals surface area contributed by atoms with Gasteiger partial charge in [-0.1, -0.05) is 41.4 Å². The zero-order valence-corrected chi connectivity index (χ0v) is 12.4. The number of halogens is 1. The van der Waals surface area contributed by atoms with E-state index in [4.69, 9.17) is 22.7 Å². The molecule has 20 heavy (non-hydrogen) atoms. The van der Waals surface area contributed by atoms with E-state index >= 15 is 0 Å². The first kappa shape index (κ1) is 14.4. The molecule has 0 aliphatic rings. The molecule has 0 saturated heterocycles. The molecule has 0 bridgehead atoms. The third-order valence-electron chi connectivity index (χ3n) is 3.22. The van der Waals surface area contributed by atoms with Crippen LogP contribution in [-0.2, 0) is 6.54 Å². The van der Waals surface area contributed by atoms with Crippen LogP contribution in [0.1, 0.15) is 16.7 Å². The van der Waals surface area contributed by atoms with E-state index in [0.717, 1.165) is 27.4 Å². The van der Waals surface area contributed by atoms with E-state index in [0.29, 0.717) is 6.54 Å². The van der Waals surface area contributed by atoms with E-state index in [2.05, 4.69) is 4.90 Å². The predicted octanol–water partition coefficient (Wildman–Crippen LogP) is 3.57. The van der Waals surface area contributed by atoms with Crippen molar-refractivity contribution in [2.75, 3.05) is 11.9 Å². The Morgan fingerprint density at radius 1 is 1.25 bits per heavy atom. The number of nitrogens with two attached hydrogens (primary N) is 1. The van der Waals surface area contributed by atoms with E-state index in [-0.39, 0.29) is 5.84 Å². The monoisotopic (exact) mass is 287 g/mol. The molecule has 0 spiro atoms. The van der Waals surface area contributed by atoms with Gasteiger partial charge in [-0.2, -0.15) is 0 Å². The highest BCUT2D eigenvalue weighted by atomic mass is 35.5. The molecule has 3 N–H and O–H groups in total. The van der Waals surface area contributed by atoms with Gasteiger partial charge in [0.15, 0.2) is 0 Å². The first-order valence-corrected chi connectivity index (χ1v) is 6.76. The Kier molecular flexibility index (Phi) is 4.30. The van der Waals surface area contributed by atoms with Crippen molar-refractivity contribution in [3.8, 4) is 0 Å². The number of amidine groups is 1. The lowest BCUT2D eigenvalue weighted by molar-refractivity contribution is 0.921. The second-order valence-corrected chi connectivity index (χ2v) is 5.29. The summed E-state index contributed by atoms with van der Waals surface area (Å²) in [6.07, 6.45) is 0. The van der Waals surface area contributed by atoms with E-state index < -0.39 is 0 Å². The van der Waals surface area contributed by atoms with Gasteiger partial charge in [0.1, 0.15) is 5.84 Å². The average Bonchev–Trinajstić information content (AvgIpc) is 2.41. The normalized spacial score (nSPS) is 10.3. The Labute approximate surface area is 124 Å². The van der Waals surface area contributed by atoms with Gasteiger partial charge < -0.3 is 10.6 Å². The molecule has 2 aromatic carbocycles. The number of rotatable bonds is 4. The summed E-state index contributed by atoms with van der Waals surface area (Å²) in [5, 5.41) is 8.46. The number of hydrogen-bond donors (Lipinski definition) is 2. The Hall–Kier alpha value is -2.00. The third kappa shape index (κ3) is 3.11. The van der Waals surface area contributed by atoms with Crippen LogP contribution in [0.4, 0.5) is 5.69 Å². The molecule has 0 radical (unpaired) electrons. The van der Waals surface area contributed by atoms with Crippen molar-refractivity contribution in [1.82, 2.24) is 0 Å². The molecule has 0 aromatic heterocycles. The first-order chi connectivity index (χ1) is 9.49. The van der Waals surface area contributed by atoms with Crippen LogP contribution < -0.4 is 10.6 Å². The summed E-state index contributed by atoms with van der Waals surface area (Å²) in [7, 11) is 1.97. The van der Waals surface area contributed by atoms with Crippen LogP contribution in [0.15, 0.2) is 42.5 Å². The molecule has 2 aromatic rings. The van der Waals surface area contributed by atoms with Crippen molar-refractivity contribution in [3.05, 3.63) is 64.2 Å². The summed E-state index contributed by atoms with van der Waals surface area (Å²) < 4.78 is 0. The maximum atomic E-state index is 7.71. The number of nitrogens with zero attached hydrogens (tertiary/aromatic N) is 1. The Morgan fingerprint density at radius 2 is 1.95 bits per heavy atom. The quantitative estimate of drug-likeness (QED) is 0.667. The van der Waals surface area contributed by atoms with Crippen molar-refractivity contribution in [1.29, 1.82) is 5.41 Å². The molecule has 0 aliphatic carbocycles. The van der Waals surface area contributed by atoms with Crippen molar-refractivity contribution in [3.63, 3.8) is 0 Å². The van der Waals surface area contributed by atoms with Gasteiger partial charge in [0.25, 0.3) is 0 Å². The Morgan fingerprint density at radius 3 is 2.60 bits per heavy atom. The fraction of sp³-hybridized carbons (Fsp3) is 0.188. The van der Waals surface area contributed by atoms with Crippen LogP contribution in [0.3, 0.4) is 0 Å². The van der Waals surface area contributed by atoms with E-state index in [9.17, 15) is 0 Å². The molecular formula is C16H18ClN3. The van der Waals surface area contributed by atoms with Gasteiger partial charge in [-0.15, -0.1) is 0 Å². The van der Waals surface area contributed by atoms with Gasteiger partial charge in [0.2, 0.25) is 0 Å². The number of nitrogen functional groups attached to an aromatic ring is 1. The second kappa shape index (κ2) is 5.97. The highest BCUT2D eigenvalue weighted by Crippen LogP contribution is 2.24. The second-order valence-electron chi connectivity index (χ2n) is 4.88. The van der Waals surface area contributed by atoms with Gasteiger partial charge in [0, 0.05) is 29.9 Å². The molecule has 0 fully saturated rings. The molecule has 0 heterocycles. The molecule has 3 nitrogen and oxygen atoms in total. The van der Waals surface area contributed by atoms with Gasteiger partial charge in [-0.25, -0.2) is 0 Å². The average molecular weight is 288 g/mol. The maximum Gasteiger partial charge on any atom is 0.124 e. The lowest BCUT2D eigenvalue weighted by atomic mass is 10.1. The van der Waals surface area contributed by atoms with Gasteiger partial charge in [-0.3, -0.25) is 5.41 Å². The number of anilines is 1. The van der Waals surface area contributed by atoms with Crippen LogP contribution >= 0.6 is 11.6 Å². The van der Waals surface area contributed by atoms with E-state index in [1.165, 1.54) is 0 Å². The van der Waals surface area contributed by atoms with Gasteiger partial charge in [0.05, 0.1) is 0 Å². The molecule has 0 saturated carbocycles. The zero-order chi connectivity index (χ0) is 14.7. The number of nitrogens with one attached hydrogen (secondary N) is 1. The highest BCUT2D eigenvalue weighted by Gasteiger charge is 2.11. The van der Waals surface area contributed by atoms with Gasteiger partial charge >= 0.3 is 0 Å². The molecule has 4 heteroatoms. The van der Waals surface area contributed by atoms with Crippen LogP contribution in [0.5, 0.6) is 0 Å². The molecule has 0 aliphatic heterocycles. The van der Waals surface area contributed by atoms with Crippen molar-refractivity contribution < 1.29 is 0 Å². The lowest BCUT2D eigenvalue weighted by Gasteiger charge is -2.23. The minimum atomic E-state index is 0.0784. The summed E-state index contributed by atoms with van der Waals surface area (Å²) >= 11 is 6.19. The van der Waals surface area contributed by atoms with Crippen molar-refractivity contribution >= 4 is 23.1 Å². The molecule has 0 unspecified atom stereocenters. The van der Waals surface area contributed by atoms with Crippen molar-refractivity contribution in [2.45, 2.75) is 13.5 Å². The number of hydrogen-bond acceptors (Lipinski definition) is 2. The summed E-state index contributed by atoms with van der Waals surface area (Å²) in [4.78, 5) is 2.05. The summed E-state index contributed by atoms with van der Waals surface area (Å²) in [6, 6.07) is 13.7. The highest BCUT2D eigenvalue weighted by molar-refractivity contribution is 6.31. The van der Waals surface area contributed by atoms with E-state index in [1.54, 1.807) is 0 Å². The molecular weight excluding hydrogens is 270 g/mol. The fourth-order valence-electron chi connectivity index (χ4n) is 2.17. The Balaban J connectivity index is 2.32. The Bertz CT molecular complexity index is 637. The van der Waals surface area contributed by atoms with Crippen LogP contribution in [-0.4, -0.2) is 12.9 Å². The van der Waals surface area contributed by atoms with E-state index in [1.807, 2.05) is 56.4 Å². The smallest absolute Gasteiger partial charge is 0.124 e. The summed E-state index contributed by atoms with van der Waals surface area (Å²) in [5.74, 6) is 0.0784. The largest absolute Gasteiger partial charge is 0.384 e.